The van der Waals surface area contributed by atoms with Gasteiger partial charge in [-0.1, -0.05) is 89.2 Å². The van der Waals surface area contributed by atoms with Crippen molar-refractivity contribution in [1.82, 2.24) is 4.90 Å². The largest absolute Gasteiger partial charge is 0.453 e. The molecule has 2 aromatic rings. The van der Waals surface area contributed by atoms with Crippen LogP contribution in [0, 0.1) is 0 Å². The molecule has 1 N–H and O–H groups in total. The van der Waals surface area contributed by atoms with Gasteiger partial charge in [0, 0.05) is 23.8 Å². The number of hydrogen-bond acceptors (Lipinski definition) is 5. The van der Waals surface area contributed by atoms with Gasteiger partial charge in [0.1, 0.15) is 11.4 Å². The van der Waals surface area contributed by atoms with Gasteiger partial charge in [-0.25, -0.2) is 4.79 Å². The molecule has 0 atom stereocenters. The standard InChI is InChI=1S/C29H37ClN2O3/c1-5-6-7-8-9-18-32(19-21-10-12-22(13-11-21)29(2,3)4)27(26-25(33)20-35-28(26)34)31-24-16-14-23(30)15-17-24/h10-17,31H,5-9,18-20H2,1-4H3/b27-26+. The lowest BCUT2D eigenvalue weighted by Crippen LogP contribution is -2.31. The molecule has 0 radical (unpaired) electrons. The van der Waals surface area contributed by atoms with Gasteiger partial charge in [-0.15, -0.1) is 0 Å². The molecule has 1 heterocycles. The van der Waals surface area contributed by atoms with E-state index in [2.05, 4.69) is 62.2 Å². The molecule has 0 unspecified atom stereocenters. The molecule has 0 saturated carbocycles. The second kappa shape index (κ2) is 12.3. The number of esters is 1. The lowest BCUT2D eigenvalue weighted by atomic mass is 9.87. The highest BCUT2D eigenvalue weighted by Gasteiger charge is 2.34. The molecule has 0 amide bonds. The van der Waals surface area contributed by atoms with Gasteiger partial charge in [-0.2, -0.15) is 0 Å². The van der Waals surface area contributed by atoms with Crippen LogP contribution in [0.4, 0.5) is 5.69 Å². The van der Waals surface area contributed by atoms with Crippen LogP contribution in [-0.2, 0) is 26.3 Å². The average molecular weight is 497 g/mol. The Morgan fingerprint density at radius 2 is 1.63 bits per heavy atom. The number of benzene rings is 2. The predicted octanol–water partition coefficient (Wildman–Crippen LogP) is 6.86. The maximum atomic E-state index is 12.7. The van der Waals surface area contributed by atoms with Crippen LogP contribution >= 0.6 is 11.6 Å². The van der Waals surface area contributed by atoms with Crippen molar-refractivity contribution in [3.8, 4) is 0 Å². The van der Waals surface area contributed by atoms with Crippen molar-refractivity contribution in [2.75, 3.05) is 18.5 Å². The summed E-state index contributed by atoms with van der Waals surface area (Å²) in [6, 6.07) is 15.8. The zero-order valence-corrected chi connectivity index (χ0v) is 22.1. The first kappa shape index (κ1) is 26.8. The van der Waals surface area contributed by atoms with Crippen LogP contribution in [0.1, 0.15) is 70.9 Å². The Morgan fingerprint density at radius 3 is 2.20 bits per heavy atom. The summed E-state index contributed by atoms with van der Waals surface area (Å²) < 4.78 is 5.09. The zero-order chi connectivity index (χ0) is 25.4. The third-order valence-corrected chi connectivity index (χ3v) is 6.45. The number of anilines is 1. The molecule has 188 valence electrons. The molecule has 0 bridgehead atoms. The van der Waals surface area contributed by atoms with Gasteiger partial charge in [0.05, 0.1) is 0 Å². The number of cyclic esters (lactones) is 1. The summed E-state index contributed by atoms with van der Waals surface area (Å²) in [6.45, 7) is 9.85. The Balaban J connectivity index is 1.94. The van der Waals surface area contributed by atoms with E-state index in [9.17, 15) is 9.59 Å². The van der Waals surface area contributed by atoms with Gasteiger partial charge < -0.3 is 15.0 Å². The van der Waals surface area contributed by atoms with Crippen molar-refractivity contribution < 1.29 is 14.3 Å². The Kier molecular flexibility index (Phi) is 9.39. The number of carbonyl (C=O) groups excluding carboxylic acids is 2. The molecule has 35 heavy (non-hydrogen) atoms. The van der Waals surface area contributed by atoms with E-state index in [0.29, 0.717) is 23.9 Å². The Hall–Kier alpha value is -2.79. The monoisotopic (exact) mass is 496 g/mol. The minimum absolute atomic E-state index is 0.0702. The number of nitrogens with one attached hydrogen (secondary N) is 1. The van der Waals surface area contributed by atoms with E-state index in [0.717, 1.165) is 24.1 Å². The first-order valence-corrected chi connectivity index (χ1v) is 12.9. The minimum Gasteiger partial charge on any atom is -0.453 e. The number of nitrogens with zero attached hydrogens (tertiary/aromatic N) is 1. The molecule has 5 nitrogen and oxygen atoms in total. The van der Waals surface area contributed by atoms with Crippen LogP contribution in [0.15, 0.2) is 59.9 Å². The van der Waals surface area contributed by atoms with Gasteiger partial charge in [-0.3, -0.25) is 4.79 Å². The van der Waals surface area contributed by atoms with Crippen LogP contribution in [-0.4, -0.2) is 29.8 Å². The third-order valence-electron chi connectivity index (χ3n) is 6.20. The summed E-state index contributed by atoms with van der Waals surface area (Å²) in [4.78, 5) is 27.4. The van der Waals surface area contributed by atoms with Crippen LogP contribution in [0.5, 0.6) is 0 Å². The number of halogens is 1. The lowest BCUT2D eigenvalue weighted by Gasteiger charge is -2.30. The third kappa shape index (κ3) is 7.60. The fourth-order valence-corrected chi connectivity index (χ4v) is 4.22. The summed E-state index contributed by atoms with van der Waals surface area (Å²) in [7, 11) is 0. The highest BCUT2D eigenvalue weighted by molar-refractivity contribution is 6.30. The van der Waals surface area contributed by atoms with Gasteiger partial charge in [0.15, 0.2) is 6.61 Å². The molecular weight excluding hydrogens is 460 g/mol. The summed E-state index contributed by atoms with van der Waals surface area (Å²) >= 11 is 6.07. The summed E-state index contributed by atoms with van der Waals surface area (Å²) in [6.07, 6.45) is 5.60. The molecule has 3 rings (SSSR count). The molecule has 2 aromatic carbocycles. The fourth-order valence-electron chi connectivity index (χ4n) is 4.09. The van der Waals surface area contributed by atoms with E-state index in [1.54, 1.807) is 12.1 Å². The van der Waals surface area contributed by atoms with E-state index >= 15 is 0 Å². The van der Waals surface area contributed by atoms with E-state index < -0.39 is 5.97 Å². The van der Waals surface area contributed by atoms with E-state index in [1.165, 1.54) is 24.8 Å². The van der Waals surface area contributed by atoms with Crippen molar-refractivity contribution in [2.24, 2.45) is 0 Å². The minimum atomic E-state index is -0.578. The van der Waals surface area contributed by atoms with Crippen molar-refractivity contribution in [3.63, 3.8) is 0 Å². The number of Topliss-reactive ketones (excluding diaryl/α,β-unsaturated/α-hetero) is 1. The number of ether oxygens (including phenoxy) is 1. The topological polar surface area (TPSA) is 58.6 Å². The van der Waals surface area contributed by atoms with Crippen LogP contribution in [0.25, 0.3) is 0 Å². The normalized spacial score (nSPS) is 15.2. The second-order valence-corrected chi connectivity index (χ2v) is 10.6. The molecule has 1 fully saturated rings. The molecule has 1 aliphatic rings. The van der Waals surface area contributed by atoms with Crippen molar-refractivity contribution in [2.45, 2.75) is 71.8 Å². The highest BCUT2D eigenvalue weighted by Crippen LogP contribution is 2.26. The molecule has 1 aliphatic heterocycles. The molecule has 0 spiro atoms. The molecule has 0 aliphatic carbocycles. The molecule has 1 saturated heterocycles. The van der Waals surface area contributed by atoms with Crippen molar-refractivity contribution in [3.05, 3.63) is 76.1 Å². The first-order chi connectivity index (χ1) is 16.7. The Bertz CT molecular complexity index is 1020. The fraction of sp³-hybridized carbons (Fsp3) is 0.448. The summed E-state index contributed by atoms with van der Waals surface area (Å²) in [5.74, 6) is -0.383. The summed E-state index contributed by atoms with van der Waals surface area (Å²) in [5.41, 5.74) is 3.28. The van der Waals surface area contributed by atoms with Gasteiger partial charge >= 0.3 is 5.97 Å². The van der Waals surface area contributed by atoms with Crippen LogP contribution in [0.3, 0.4) is 0 Å². The Morgan fingerprint density at radius 1 is 0.971 bits per heavy atom. The first-order valence-electron chi connectivity index (χ1n) is 12.5. The number of ketones is 1. The second-order valence-electron chi connectivity index (χ2n) is 10.1. The maximum absolute atomic E-state index is 12.7. The molecular formula is C29H37ClN2O3. The zero-order valence-electron chi connectivity index (χ0n) is 21.3. The lowest BCUT2D eigenvalue weighted by molar-refractivity contribution is -0.135. The van der Waals surface area contributed by atoms with Gasteiger partial charge in [-0.05, 0) is 47.2 Å². The SMILES string of the molecule is CCCCCCCN(Cc1ccc(C(C)(C)C)cc1)/C(Nc1ccc(Cl)cc1)=C1\C(=O)COC1=O. The van der Waals surface area contributed by atoms with E-state index in [-0.39, 0.29) is 23.4 Å². The quantitative estimate of drug-likeness (QED) is 0.159. The number of carbonyl (C=O) groups is 2. The van der Waals surface area contributed by atoms with Crippen molar-refractivity contribution >= 4 is 29.0 Å². The van der Waals surface area contributed by atoms with Crippen molar-refractivity contribution in [1.29, 1.82) is 0 Å². The Labute approximate surface area is 214 Å². The van der Waals surface area contributed by atoms with Crippen LogP contribution < -0.4 is 5.32 Å². The number of unbranched alkanes of at least 4 members (excludes halogenated alkanes) is 4. The van der Waals surface area contributed by atoms with Gasteiger partial charge in [0.25, 0.3) is 0 Å². The number of rotatable bonds is 11. The predicted molar refractivity (Wildman–Crippen MR) is 142 cm³/mol. The van der Waals surface area contributed by atoms with Gasteiger partial charge in [0.2, 0.25) is 5.78 Å². The summed E-state index contributed by atoms with van der Waals surface area (Å²) in [5, 5.41) is 3.96. The molecule has 6 heteroatoms. The van der Waals surface area contributed by atoms with E-state index in [4.69, 9.17) is 16.3 Å². The average Bonchev–Trinajstić information content (AvgIpc) is 3.15. The highest BCUT2D eigenvalue weighted by atomic mass is 35.5. The maximum Gasteiger partial charge on any atom is 0.346 e. The van der Waals surface area contributed by atoms with E-state index in [1.807, 2.05) is 12.1 Å². The molecule has 0 aromatic heterocycles. The number of hydrogen-bond donors (Lipinski definition) is 1. The van der Waals surface area contributed by atoms with Crippen LogP contribution in [0.2, 0.25) is 5.02 Å². The smallest absolute Gasteiger partial charge is 0.346 e.